The Kier molecular flexibility index (Phi) is 7.97. The van der Waals surface area contributed by atoms with Crippen molar-refractivity contribution >= 4 is 15.9 Å². The van der Waals surface area contributed by atoms with E-state index >= 15 is 0 Å². The van der Waals surface area contributed by atoms with E-state index in [-0.39, 0.29) is 41.7 Å². The highest BCUT2D eigenvalue weighted by Gasteiger charge is 2.28. The molecule has 2 aromatic rings. The van der Waals surface area contributed by atoms with Crippen molar-refractivity contribution in [2.45, 2.75) is 31.2 Å². The quantitative estimate of drug-likeness (QED) is 0.682. The molecule has 1 aliphatic rings. The highest BCUT2D eigenvalue weighted by Crippen LogP contribution is 2.22. The van der Waals surface area contributed by atoms with Gasteiger partial charge < -0.3 is 5.32 Å². The molecule has 0 aromatic heterocycles. The lowest BCUT2D eigenvalue weighted by molar-refractivity contribution is -0.123. The van der Waals surface area contributed by atoms with Gasteiger partial charge in [-0.3, -0.25) is 9.69 Å². The van der Waals surface area contributed by atoms with Crippen molar-refractivity contribution in [2.24, 2.45) is 5.92 Å². The molecule has 1 heterocycles. The van der Waals surface area contributed by atoms with Gasteiger partial charge in [-0.15, -0.1) is 0 Å². The number of benzene rings is 2. The molecule has 0 saturated carbocycles. The molecule has 1 N–H and O–H groups in total. The van der Waals surface area contributed by atoms with E-state index in [9.17, 15) is 22.0 Å². The molecule has 9 heteroatoms. The third kappa shape index (κ3) is 6.11. The number of amides is 1. The van der Waals surface area contributed by atoms with Gasteiger partial charge in [0.25, 0.3) is 0 Å². The number of carbonyl (C=O) groups is 1. The first-order valence-electron chi connectivity index (χ1n) is 10.7. The van der Waals surface area contributed by atoms with Crippen molar-refractivity contribution in [3.8, 4) is 0 Å². The second-order valence-electron chi connectivity index (χ2n) is 8.33. The predicted octanol–water partition coefficient (Wildman–Crippen LogP) is 3.17. The first-order valence-corrected chi connectivity index (χ1v) is 12.1. The zero-order valence-electron chi connectivity index (χ0n) is 18.3. The lowest BCUT2D eigenvalue weighted by atomic mass is 9.96. The maximum absolute atomic E-state index is 13.2. The van der Waals surface area contributed by atoms with E-state index in [0.29, 0.717) is 26.1 Å². The fraction of sp³-hybridized carbons (Fsp3) is 0.435. The molecular formula is C23H29F2N3O3S. The van der Waals surface area contributed by atoms with Crippen LogP contribution in [0.4, 0.5) is 8.78 Å². The summed E-state index contributed by atoms with van der Waals surface area (Å²) in [5.41, 5.74) is 0.835. The van der Waals surface area contributed by atoms with Crippen molar-refractivity contribution in [3.63, 3.8) is 0 Å². The molecule has 0 aliphatic carbocycles. The SMILES string of the molecule is CC(C)[C@H](NC(=O)CN1CCCN(S(=O)(=O)c2ccc(F)cc2)CC1)c1ccc(F)cc1. The van der Waals surface area contributed by atoms with Gasteiger partial charge in [-0.05, 0) is 60.8 Å². The van der Waals surface area contributed by atoms with Gasteiger partial charge in [-0.1, -0.05) is 26.0 Å². The third-order valence-electron chi connectivity index (χ3n) is 5.58. The number of rotatable bonds is 7. The monoisotopic (exact) mass is 465 g/mol. The van der Waals surface area contributed by atoms with E-state index in [1.165, 1.54) is 28.6 Å². The summed E-state index contributed by atoms with van der Waals surface area (Å²) in [5.74, 6) is -0.864. The van der Waals surface area contributed by atoms with Gasteiger partial charge in [-0.25, -0.2) is 17.2 Å². The van der Waals surface area contributed by atoms with Crippen LogP contribution in [0, 0.1) is 17.6 Å². The molecular weight excluding hydrogens is 436 g/mol. The lowest BCUT2D eigenvalue weighted by Crippen LogP contribution is -2.42. The number of nitrogens with zero attached hydrogens (tertiary/aromatic N) is 2. The second-order valence-corrected chi connectivity index (χ2v) is 10.3. The number of hydrogen-bond donors (Lipinski definition) is 1. The molecule has 0 radical (unpaired) electrons. The molecule has 3 rings (SSSR count). The zero-order valence-corrected chi connectivity index (χ0v) is 19.1. The zero-order chi connectivity index (χ0) is 23.3. The summed E-state index contributed by atoms with van der Waals surface area (Å²) in [6.07, 6.45) is 0.583. The van der Waals surface area contributed by atoms with Crippen LogP contribution < -0.4 is 5.32 Å². The number of sulfonamides is 1. The van der Waals surface area contributed by atoms with Crippen LogP contribution >= 0.6 is 0 Å². The van der Waals surface area contributed by atoms with Crippen LogP contribution in [-0.4, -0.2) is 56.3 Å². The van der Waals surface area contributed by atoms with Crippen LogP contribution in [0.2, 0.25) is 0 Å². The number of halogens is 2. The Morgan fingerprint density at radius 1 is 0.938 bits per heavy atom. The first kappa shape index (κ1) is 24.3. The molecule has 1 fully saturated rings. The van der Waals surface area contributed by atoms with E-state index in [2.05, 4.69) is 5.32 Å². The topological polar surface area (TPSA) is 69.7 Å². The normalized spacial score (nSPS) is 17.2. The summed E-state index contributed by atoms with van der Waals surface area (Å²) in [7, 11) is -3.72. The largest absolute Gasteiger partial charge is 0.348 e. The van der Waals surface area contributed by atoms with Crippen LogP contribution in [0.1, 0.15) is 31.9 Å². The summed E-state index contributed by atoms with van der Waals surface area (Å²) >= 11 is 0. The molecule has 32 heavy (non-hydrogen) atoms. The first-order chi connectivity index (χ1) is 15.2. The van der Waals surface area contributed by atoms with Crippen LogP contribution in [0.25, 0.3) is 0 Å². The van der Waals surface area contributed by atoms with Gasteiger partial charge in [-0.2, -0.15) is 4.31 Å². The second kappa shape index (κ2) is 10.5. The van der Waals surface area contributed by atoms with Gasteiger partial charge in [0.05, 0.1) is 17.5 Å². The number of hydrogen-bond acceptors (Lipinski definition) is 4. The fourth-order valence-corrected chi connectivity index (χ4v) is 5.30. The number of carbonyl (C=O) groups excluding carboxylic acids is 1. The van der Waals surface area contributed by atoms with Gasteiger partial charge in [0, 0.05) is 19.6 Å². The van der Waals surface area contributed by atoms with Crippen LogP contribution in [0.5, 0.6) is 0 Å². The van der Waals surface area contributed by atoms with E-state index in [4.69, 9.17) is 0 Å². The molecule has 1 amide bonds. The highest BCUT2D eigenvalue weighted by atomic mass is 32.2. The molecule has 1 atom stereocenters. The Balaban J connectivity index is 1.59. The fourth-order valence-electron chi connectivity index (χ4n) is 3.83. The minimum atomic E-state index is -3.72. The third-order valence-corrected chi connectivity index (χ3v) is 7.49. The predicted molar refractivity (Wildman–Crippen MR) is 118 cm³/mol. The minimum Gasteiger partial charge on any atom is -0.348 e. The van der Waals surface area contributed by atoms with Gasteiger partial charge in [0.1, 0.15) is 11.6 Å². The average molecular weight is 466 g/mol. The molecule has 174 valence electrons. The Bertz CT molecular complexity index is 1010. The van der Waals surface area contributed by atoms with Crippen molar-refractivity contribution in [1.29, 1.82) is 0 Å². The Morgan fingerprint density at radius 3 is 2.12 bits per heavy atom. The average Bonchev–Trinajstić information content (AvgIpc) is 2.99. The van der Waals surface area contributed by atoms with Crippen LogP contribution in [0.3, 0.4) is 0 Å². The summed E-state index contributed by atoms with van der Waals surface area (Å²) in [6.45, 7) is 5.70. The van der Waals surface area contributed by atoms with Crippen molar-refractivity contribution in [3.05, 3.63) is 65.7 Å². The van der Waals surface area contributed by atoms with Gasteiger partial charge >= 0.3 is 0 Å². The molecule has 0 spiro atoms. The Labute approximate surface area is 188 Å². The number of nitrogens with one attached hydrogen (secondary N) is 1. The van der Waals surface area contributed by atoms with E-state index in [1.54, 1.807) is 12.1 Å². The van der Waals surface area contributed by atoms with E-state index in [0.717, 1.165) is 17.7 Å². The summed E-state index contributed by atoms with van der Waals surface area (Å²) in [4.78, 5) is 14.7. The minimum absolute atomic E-state index is 0.0594. The Morgan fingerprint density at radius 2 is 1.53 bits per heavy atom. The van der Waals surface area contributed by atoms with Crippen molar-refractivity contribution in [2.75, 3.05) is 32.7 Å². The molecule has 1 saturated heterocycles. The molecule has 0 bridgehead atoms. The van der Waals surface area contributed by atoms with Gasteiger partial charge in [0.15, 0.2) is 0 Å². The van der Waals surface area contributed by atoms with Crippen molar-refractivity contribution in [1.82, 2.24) is 14.5 Å². The standard InChI is InChI=1S/C23H29F2N3O3S/c1-17(2)23(18-4-6-19(24)7-5-18)26-22(29)16-27-12-3-13-28(15-14-27)32(30,31)21-10-8-20(25)9-11-21/h4-11,17,23H,3,12-16H2,1-2H3,(H,26,29)/t23-/m0/s1. The van der Waals surface area contributed by atoms with E-state index in [1.807, 2.05) is 18.7 Å². The lowest BCUT2D eigenvalue weighted by Gasteiger charge is -2.26. The molecule has 0 unspecified atom stereocenters. The van der Waals surface area contributed by atoms with Gasteiger partial charge in [0.2, 0.25) is 15.9 Å². The van der Waals surface area contributed by atoms with Crippen LogP contribution in [0.15, 0.2) is 53.4 Å². The molecule has 1 aliphatic heterocycles. The van der Waals surface area contributed by atoms with Crippen molar-refractivity contribution < 1.29 is 22.0 Å². The summed E-state index contributed by atoms with van der Waals surface area (Å²) < 4.78 is 53.5. The smallest absolute Gasteiger partial charge is 0.243 e. The maximum Gasteiger partial charge on any atom is 0.243 e. The van der Waals surface area contributed by atoms with Crippen LogP contribution in [-0.2, 0) is 14.8 Å². The Hall–Kier alpha value is -2.36. The summed E-state index contributed by atoms with van der Waals surface area (Å²) in [6, 6.07) is 10.6. The highest BCUT2D eigenvalue weighted by molar-refractivity contribution is 7.89. The molecule has 6 nitrogen and oxygen atoms in total. The maximum atomic E-state index is 13.2. The summed E-state index contributed by atoms with van der Waals surface area (Å²) in [5, 5.41) is 3.02. The molecule has 2 aromatic carbocycles. The van der Waals surface area contributed by atoms with E-state index < -0.39 is 15.8 Å².